The first-order chi connectivity index (χ1) is 9.22. The normalized spacial score (nSPS) is 17.4. The second-order valence-electron chi connectivity index (χ2n) is 5.33. The van der Waals surface area contributed by atoms with E-state index in [1.54, 1.807) is 6.20 Å². The number of hydrogen-bond acceptors (Lipinski definition) is 3. The number of hydrogen-bond donors (Lipinski definition) is 1. The van der Waals surface area contributed by atoms with Gasteiger partial charge in [0.2, 0.25) is 5.91 Å². The Kier molecular flexibility index (Phi) is 4.53. The van der Waals surface area contributed by atoms with Gasteiger partial charge in [-0.05, 0) is 31.9 Å². The fourth-order valence-corrected chi connectivity index (χ4v) is 2.91. The number of amides is 1. The zero-order valence-electron chi connectivity index (χ0n) is 11.6. The van der Waals surface area contributed by atoms with Crippen LogP contribution < -0.4 is 5.73 Å². The Morgan fingerprint density at radius 2 is 2.16 bits per heavy atom. The fourth-order valence-electron chi connectivity index (χ4n) is 2.91. The Morgan fingerprint density at radius 1 is 1.42 bits per heavy atom. The minimum atomic E-state index is -0.315. The van der Waals surface area contributed by atoms with Crippen molar-refractivity contribution in [2.45, 2.75) is 39.2 Å². The third-order valence-electron chi connectivity index (χ3n) is 4.15. The minimum absolute atomic E-state index is 0.209. The standard InChI is InChI=1S/C15H23N3O/c1-2-18(11-13-7-3-6-10-17-13)14(19)15(12-16)8-4-5-9-15/h3,6-7,10H,2,4-5,8-9,11-12,16H2,1H3. The van der Waals surface area contributed by atoms with Gasteiger partial charge in [-0.3, -0.25) is 9.78 Å². The third-order valence-corrected chi connectivity index (χ3v) is 4.15. The van der Waals surface area contributed by atoms with Gasteiger partial charge in [0.15, 0.2) is 0 Å². The number of nitrogens with two attached hydrogens (primary N) is 1. The number of aromatic nitrogens is 1. The van der Waals surface area contributed by atoms with Crippen LogP contribution in [0.25, 0.3) is 0 Å². The Balaban J connectivity index is 2.11. The second kappa shape index (κ2) is 6.15. The van der Waals surface area contributed by atoms with Crippen LogP contribution in [0.5, 0.6) is 0 Å². The van der Waals surface area contributed by atoms with E-state index in [0.29, 0.717) is 19.6 Å². The van der Waals surface area contributed by atoms with E-state index in [-0.39, 0.29) is 11.3 Å². The van der Waals surface area contributed by atoms with Crippen LogP contribution in [0.2, 0.25) is 0 Å². The molecule has 104 valence electrons. The molecule has 1 amide bonds. The third kappa shape index (κ3) is 2.95. The van der Waals surface area contributed by atoms with Gasteiger partial charge in [0.1, 0.15) is 0 Å². The van der Waals surface area contributed by atoms with E-state index in [1.807, 2.05) is 30.0 Å². The molecule has 4 nitrogen and oxygen atoms in total. The summed E-state index contributed by atoms with van der Waals surface area (Å²) in [6, 6.07) is 5.80. The van der Waals surface area contributed by atoms with Gasteiger partial charge >= 0.3 is 0 Å². The molecule has 2 rings (SSSR count). The highest BCUT2D eigenvalue weighted by Gasteiger charge is 2.41. The average molecular weight is 261 g/mol. The van der Waals surface area contributed by atoms with Crippen molar-refractivity contribution in [2.75, 3.05) is 13.1 Å². The summed E-state index contributed by atoms with van der Waals surface area (Å²) < 4.78 is 0. The van der Waals surface area contributed by atoms with E-state index in [1.165, 1.54) is 0 Å². The smallest absolute Gasteiger partial charge is 0.230 e. The lowest BCUT2D eigenvalue weighted by Gasteiger charge is -2.32. The zero-order chi connectivity index (χ0) is 13.7. The van der Waals surface area contributed by atoms with Crippen LogP contribution >= 0.6 is 0 Å². The molecule has 19 heavy (non-hydrogen) atoms. The minimum Gasteiger partial charge on any atom is -0.337 e. The summed E-state index contributed by atoms with van der Waals surface area (Å²) >= 11 is 0. The van der Waals surface area contributed by atoms with Gasteiger partial charge in [0.25, 0.3) is 0 Å². The van der Waals surface area contributed by atoms with Gasteiger partial charge in [-0.25, -0.2) is 0 Å². The van der Waals surface area contributed by atoms with Crippen molar-refractivity contribution in [2.24, 2.45) is 11.1 Å². The van der Waals surface area contributed by atoms with Crippen LogP contribution in [0.4, 0.5) is 0 Å². The van der Waals surface area contributed by atoms with Crippen LogP contribution in [0, 0.1) is 5.41 Å². The average Bonchev–Trinajstić information content (AvgIpc) is 2.95. The van der Waals surface area contributed by atoms with Crippen LogP contribution in [0.1, 0.15) is 38.3 Å². The molecule has 1 saturated carbocycles. The van der Waals surface area contributed by atoms with Gasteiger partial charge < -0.3 is 10.6 Å². The summed E-state index contributed by atoms with van der Waals surface area (Å²) in [5.41, 5.74) is 6.51. The SMILES string of the molecule is CCN(Cc1ccccn1)C(=O)C1(CN)CCCC1. The fraction of sp³-hybridized carbons (Fsp3) is 0.600. The first-order valence-electron chi connectivity index (χ1n) is 7.11. The first-order valence-corrected chi connectivity index (χ1v) is 7.11. The highest BCUT2D eigenvalue weighted by molar-refractivity contribution is 5.83. The molecule has 0 saturated heterocycles. The summed E-state index contributed by atoms with van der Waals surface area (Å²) in [6.07, 6.45) is 5.86. The number of rotatable bonds is 5. The van der Waals surface area contributed by atoms with E-state index in [2.05, 4.69) is 4.98 Å². The largest absolute Gasteiger partial charge is 0.337 e. The Hall–Kier alpha value is -1.42. The Bertz CT molecular complexity index is 413. The molecule has 0 spiro atoms. The maximum atomic E-state index is 12.8. The number of nitrogens with zero attached hydrogens (tertiary/aromatic N) is 2. The van der Waals surface area contributed by atoms with Crippen molar-refractivity contribution in [3.05, 3.63) is 30.1 Å². The Morgan fingerprint density at radius 3 is 2.68 bits per heavy atom. The van der Waals surface area contributed by atoms with Crippen molar-refractivity contribution < 1.29 is 4.79 Å². The molecule has 0 radical (unpaired) electrons. The van der Waals surface area contributed by atoms with Gasteiger partial charge in [0.05, 0.1) is 17.7 Å². The molecule has 1 fully saturated rings. The molecule has 0 aliphatic heterocycles. The van der Waals surface area contributed by atoms with Crippen LogP contribution in [-0.2, 0) is 11.3 Å². The second-order valence-corrected chi connectivity index (χ2v) is 5.33. The van der Waals surface area contributed by atoms with E-state index in [0.717, 1.165) is 31.4 Å². The molecule has 0 atom stereocenters. The molecule has 0 aromatic carbocycles. The number of carbonyl (C=O) groups is 1. The predicted octanol–water partition coefficient (Wildman–Crippen LogP) is 1.95. The highest BCUT2D eigenvalue weighted by atomic mass is 16.2. The predicted molar refractivity (Wildman–Crippen MR) is 75.3 cm³/mol. The van der Waals surface area contributed by atoms with Gasteiger partial charge in [-0.1, -0.05) is 18.9 Å². The molecule has 1 aliphatic carbocycles. The van der Waals surface area contributed by atoms with E-state index in [9.17, 15) is 4.79 Å². The highest BCUT2D eigenvalue weighted by Crippen LogP contribution is 2.39. The summed E-state index contributed by atoms with van der Waals surface area (Å²) in [4.78, 5) is 18.9. The van der Waals surface area contributed by atoms with E-state index < -0.39 is 0 Å². The molecule has 1 aromatic heterocycles. The van der Waals surface area contributed by atoms with Crippen molar-refractivity contribution >= 4 is 5.91 Å². The van der Waals surface area contributed by atoms with Crippen molar-refractivity contribution in [1.29, 1.82) is 0 Å². The van der Waals surface area contributed by atoms with Gasteiger partial charge in [-0.15, -0.1) is 0 Å². The topological polar surface area (TPSA) is 59.2 Å². The van der Waals surface area contributed by atoms with Crippen LogP contribution in [-0.4, -0.2) is 28.9 Å². The summed E-state index contributed by atoms with van der Waals surface area (Å²) in [5.74, 6) is 0.209. The quantitative estimate of drug-likeness (QED) is 0.881. The molecular weight excluding hydrogens is 238 g/mol. The molecule has 0 unspecified atom stereocenters. The lowest BCUT2D eigenvalue weighted by atomic mass is 9.84. The molecule has 0 bridgehead atoms. The number of carbonyl (C=O) groups excluding carboxylic acids is 1. The maximum Gasteiger partial charge on any atom is 0.230 e. The molecular formula is C15H23N3O. The van der Waals surface area contributed by atoms with Crippen molar-refractivity contribution in [3.63, 3.8) is 0 Å². The summed E-state index contributed by atoms with van der Waals surface area (Å²) in [5, 5.41) is 0. The monoisotopic (exact) mass is 261 g/mol. The first kappa shape index (κ1) is 14.0. The van der Waals surface area contributed by atoms with Crippen molar-refractivity contribution in [3.8, 4) is 0 Å². The molecule has 2 N–H and O–H groups in total. The van der Waals surface area contributed by atoms with Gasteiger partial charge in [-0.2, -0.15) is 0 Å². The van der Waals surface area contributed by atoms with Crippen LogP contribution in [0.3, 0.4) is 0 Å². The lowest BCUT2D eigenvalue weighted by Crippen LogP contribution is -2.46. The maximum absolute atomic E-state index is 12.8. The van der Waals surface area contributed by atoms with E-state index >= 15 is 0 Å². The van der Waals surface area contributed by atoms with Gasteiger partial charge in [0, 0.05) is 19.3 Å². The zero-order valence-corrected chi connectivity index (χ0v) is 11.6. The van der Waals surface area contributed by atoms with E-state index in [4.69, 9.17) is 5.73 Å². The number of pyridine rings is 1. The van der Waals surface area contributed by atoms with Crippen LogP contribution in [0.15, 0.2) is 24.4 Å². The molecule has 1 aromatic rings. The summed E-state index contributed by atoms with van der Waals surface area (Å²) in [7, 11) is 0. The molecule has 1 heterocycles. The van der Waals surface area contributed by atoms with Crippen molar-refractivity contribution in [1.82, 2.24) is 9.88 Å². The molecule has 4 heteroatoms. The Labute approximate surface area is 115 Å². The lowest BCUT2D eigenvalue weighted by molar-refractivity contribution is -0.141. The summed E-state index contributed by atoms with van der Waals surface area (Å²) in [6.45, 7) is 3.76. The molecule has 1 aliphatic rings.